The SMILES string of the molecule is CCN1CCCC2(CC1)CN=C(N)N2C1CC1. The number of guanidine groups is 1. The molecule has 0 bridgehead atoms. The van der Waals surface area contributed by atoms with Crippen LogP contribution in [0, 0.1) is 0 Å². The average Bonchev–Trinajstić information content (AvgIpc) is 3.11. The van der Waals surface area contributed by atoms with E-state index in [-0.39, 0.29) is 5.54 Å². The summed E-state index contributed by atoms with van der Waals surface area (Å²) < 4.78 is 0. The van der Waals surface area contributed by atoms with Crippen LogP contribution in [0.1, 0.15) is 39.0 Å². The van der Waals surface area contributed by atoms with Gasteiger partial charge in [0.2, 0.25) is 0 Å². The molecule has 0 amide bonds. The van der Waals surface area contributed by atoms with Crippen LogP contribution < -0.4 is 5.73 Å². The smallest absolute Gasteiger partial charge is 0.192 e. The number of aliphatic imine (C=N–C) groups is 1. The Morgan fingerprint density at radius 2 is 2.18 bits per heavy atom. The Bertz CT molecular complexity index is 323. The van der Waals surface area contributed by atoms with Crippen molar-refractivity contribution in [2.75, 3.05) is 26.2 Å². The van der Waals surface area contributed by atoms with Gasteiger partial charge in [-0.15, -0.1) is 0 Å². The molecule has 1 spiro atoms. The lowest BCUT2D eigenvalue weighted by Gasteiger charge is -2.39. The first kappa shape index (κ1) is 11.3. The summed E-state index contributed by atoms with van der Waals surface area (Å²) in [7, 11) is 0. The summed E-state index contributed by atoms with van der Waals surface area (Å²) in [6.45, 7) is 6.83. The number of nitrogens with two attached hydrogens (primary N) is 1. The first-order valence-electron chi connectivity index (χ1n) is 7.07. The summed E-state index contributed by atoms with van der Waals surface area (Å²) in [5.41, 5.74) is 6.38. The van der Waals surface area contributed by atoms with Crippen molar-refractivity contribution in [3.8, 4) is 0 Å². The highest BCUT2D eigenvalue weighted by atomic mass is 15.4. The molecule has 1 atom stereocenters. The fourth-order valence-electron chi connectivity index (χ4n) is 3.48. The molecule has 0 aromatic carbocycles. The molecule has 1 aliphatic carbocycles. The van der Waals surface area contributed by atoms with Crippen molar-refractivity contribution in [2.24, 2.45) is 10.7 Å². The Morgan fingerprint density at radius 1 is 1.35 bits per heavy atom. The van der Waals surface area contributed by atoms with Crippen molar-refractivity contribution < 1.29 is 0 Å². The predicted molar refractivity (Wildman–Crippen MR) is 70.0 cm³/mol. The van der Waals surface area contributed by atoms with Crippen LogP contribution in [0.4, 0.5) is 0 Å². The molecule has 1 saturated carbocycles. The third-order valence-corrected chi connectivity index (χ3v) is 4.66. The predicted octanol–water partition coefficient (Wildman–Crippen LogP) is 1.02. The van der Waals surface area contributed by atoms with Gasteiger partial charge in [-0.1, -0.05) is 6.92 Å². The van der Waals surface area contributed by atoms with Crippen LogP contribution in [0.3, 0.4) is 0 Å². The first-order valence-corrected chi connectivity index (χ1v) is 7.07. The van der Waals surface area contributed by atoms with E-state index in [4.69, 9.17) is 5.73 Å². The van der Waals surface area contributed by atoms with Gasteiger partial charge in [0, 0.05) is 12.6 Å². The van der Waals surface area contributed by atoms with E-state index in [0.29, 0.717) is 6.04 Å². The lowest BCUT2D eigenvalue weighted by molar-refractivity contribution is 0.165. The molecule has 0 aromatic rings. The second-order valence-corrected chi connectivity index (χ2v) is 5.79. The highest BCUT2D eigenvalue weighted by molar-refractivity contribution is 5.81. The summed E-state index contributed by atoms with van der Waals surface area (Å²) >= 11 is 0. The van der Waals surface area contributed by atoms with Crippen LogP contribution in [0.2, 0.25) is 0 Å². The second kappa shape index (κ2) is 4.16. The maximum atomic E-state index is 6.11. The molecule has 4 heteroatoms. The Balaban J connectivity index is 1.76. The highest BCUT2D eigenvalue weighted by Gasteiger charge is 2.48. The molecule has 0 radical (unpaired) electrons. The van der Waals surface area contributed by atoms with Crippen LogP contribution in [0.5, 0.6) is 0 Å². The summed E-state index contributed by atoms with van der Waals surface area (Å²) in [6, 6.07) is 0.703. The van der Waals surface area contributed by atoms with Gasteiger partial charge in [0.1, 0.15) is 0 Å². The molecule has 96 valence electrons. The molecule has 2 aliphatic heterocycles. The highest BCUT2D eigenvalue weighted by Crippen LogP contribution is 2.40. The maximum absolute atomic E-state index is 6.11. The van der Waals surface area contributed by atoms with E-state index in [1.807, 2.05) is 0 Å². The van der Waals surface area contributed by atoms with Gasteiger partial charge >= 0.3 is 0 Å². The summed E-state index contributed by atoms with van der Waals surface area (Å²) in [5, 5.41) is 0. The van der Waals surface area contributed by atoms with Gasteiger partial charge in [0.05, 0.1) is 12.1 Å². The van der Waals surface area contributed by atoms with Gasteiger partial charge in [0.25, 0.3) is 0 Å². The Hall–Kier alpha value is -0.770. The second-order valence-electron chi connectivity index (χ2n) is 5.79. The summed E-state index contributed by atoms with van der Waals surface area (Å²) in [5.74, 6) is 0.817. The van der Waals surface area contributed by atoms with E-state index in [1.54, 1.807) is 0 Å². The van der Waals surface area contributed by atoms with Crippen molar-refractivity contribution in [1.82, 2.24) is 9.80 Å². The molecule has 2 fully saturated rings. The Morgan fingerprint density at radius 3 is 2.88 bits per heavy atom. The fourth-order valence-corrected chi connectivity index (χ4v) is 3.48. The van der Waals surface area contributed by atoms with Crippen molar-refractivity contribution in [3.63, 3.8) is 0 Å². The van der Waals surface area contributed by atoms with Gasteiger partial charge in [-0.05, 0) is 45.2 Å². The van der Waals surface area contributed by atoms with Crippen LogP contribution in [0.25, 0.3) is 0 Å². The van der Waals surface area contributed by atoms with E-state index in [1.165, 1.54) is 51.7 Å². The zero-order valence-corrected chi connectivity index (χ0v) is 10.9. The molecule has 4 nitrogen and oxygen atoms in total. The van der Waals surface area contributed by atoms with Crippen molar-refractivity contribution in [3.05, 3.63) is 0 Å². The van der Waals surface area contributed by atoms with Gasteiger partial charge < -0.3 is 15.5 Å². The lowest BCUT2D eigenvalue weighted by atomic mass is 9.89. The zero-order chi connectivity index (χ0) is 11.9. The number of nitrogens with zero attached hydrogens (tertiary/aromatic N) is 3. The zero-order valence-electron chi connectivity index (χ0n) is 10.9. The summed E-state index contributed by atoms with van der Waals surface area (Å²) in [6.07, 6.45) is 6.43. The summed E-state index contributed by atoms with van der Waals surface area (Å²) in [4.78, 5) is 9.59. The first-order chi connectivity index (χ1) is 8.25. The average molecular weight is 236 g/mol. The third kappa shape index (κ3) is 1.92. The van der Waals surface area contributed by atoms with Gasteiger partial charge in [0.15, 0.2) is 5.96 Å². The number of hydrogen-bond acceptors (Lipinski definition) is 4. The molecule has 0 aromatic heterocycles. The monoisotopic (exact) mass is 236 g/mol. The molecule has 17 heavy (non-hydrogen) atoms. The van der Waals surface area contributed by atoms with E-state index >= 15 is 0 Å². The third-order valence-electron chi connectivity index (χ3n) is 4.66. The standard InChI is InChI=1S/C13H24N4/c1-2-16-8-3-6-13(7-9-16)10-15-12(14)17(13)11-4-5-11/h11H,2-10H2,1H3,(H2,14,15). The van der Waals surface area contributed by atoms with Crippen LogP contribution in [0.15, 0.2) is 4.99 Å². The van der Waals surface area contributed by atoms with E-state index in [2.05, 4.69) is 21.7 Å². The molecule has 2 N–H and O–H groups in total. The molecule has 2 heterocycles. The van der Waals surface area contributed by atoms with E-state index in [0.717, 1.165) is 12.5 Å². The van der Waals surface area contributed by atoms with Crippen molar-refractivity contribution in [1.29, 1.82) is 0 Å². The normalized spacial score (nSPS) is 35.1. The topological polar surface area (TPSA) is 44.9 Å². The minimum atomic E-state index is 0.273. The molecule has 3 rings (SSSR count). The minimum absolute atomic E-state index is 0.273. The molecular weight excluding hydrogens is 212 g/mol. The quantitative estimate of drug-likeness (QED) is 0.778. The van der Waals surface area contributed by atoms with E-state index < -0.39 is 0 Å². The number of rotatable bonds is 2. The van der Waals surface area contributed by atoms with Gasteiger partial charge in [-0.2, -0.15) is 0 Å². The Kier molecular flexibility index (Phi) is 2.77. The molecule has 1 unspecified atom stereocenters. The van der Waals surface area contributed by atoms with Crippen LogP contribution in [-0.4, -0.2) is 53.5 Å². The van der Waals surface area contributed by atoms with Gasteiger partial charge in [-0.3, -0.25) is 4.99 Å². The van der Waals surface area contributed by atoms with Crippen LogP contribution in [-0.2, 0) is 0 Å². The fraction of sp³-hybridized carbons (Fsp3) is 0.923. The van der Waals surface area contributed by atoms with Crippen molar-refractivity contribution in [2.45, 2.75) is 50.6 Å². The van der Waals surface area contributed by atoms with E-state index in [9.17, 15) is 0 Å². The number of hydrogen-bond donors (Lipinski definition) is 1. The number of likely N-dealkylation sites (tertiary alicyclic amines) is 1. The van der Waals surface area contributed by atoms with Crippen molar-refractivity contribution >= 4 is 5.96 Å². The van der Waals surface area contributed by atoms with Crippen LogP contribution >= 0.6 is 0 Å². The lowest BCUT2D eigenvalue weighted by Crippen LogP contribution is -2.53. The molecular formula is C13H24N4. The van der Waals surface area contributed by atoms with Gasteiger partial charge in [-0.25, -0.2) is 0 Å². The molecule has 1 saturated heterocycles. The Labute approximate surface area is 104 Å². The largest absolute Gasteiger partial charge is 0.370 e. The molecule has 3 aliphatic rings. The maximum Gasteiger partial charge on any atom is 0.192 e. The minimum Gasteiger partial charge on any atom is -0.370 e.